The molecule has 0 aliphatic heterocycles. The van der Waals surface area contributed by atoms with Crippen LogP contribution in [0.4, 0.5) is 0 Å². The predicted octanol–water partition coefficient (Wildman–Crippen LogP) is 1.92. The van der Waals surface area contributed by atoms with Crippen LogP contribution in [0.25, 0.3) is 0 Å². The van der Waals surface area contributed by atoms with Crippen molar-refractivity contribution in [3.05, 3.63) is 35.9 Å². The van der Waals surface area contributed by atoms with Crippen LogP contribution in [0.3, 0.4) is 0 Å². The Morgan fingerprint density at radius 3 is 1.95 bits per heavy atom. The van der Waals surface area contributed by atoms with E-state index in [1.54, 1.807) is 0 Å². The molecule has 22 heavy (non-hydrogen) atoms. The average molecular weight is 310 g/mol. The highest BCUT2D eigenvalue weighted by Gasteiger charge is 2.21. The van der Waals surface area contributed by atoms with Crippen molar-refractivity contribution in [2.75, 3.05) is 26.4 Å². The summed E-state index contributed by atoms with van der Waals surface area (Å²) in [7, 11) is 0. The lowest BCUT2D eigenvalue weighted by Crippen LogP contribution is -2.19. The molecule has 4 N–H and O–H groups in total. The van der Waals surface area contributed by atoms with Crippen molar-refractivity contribution >= 4 is 0 Å². The Balaban J connectivity index is 2.68. The van der Waals surface area contributed by atoms with Crippen molar-refractivity contribution < 1.29 is 20.4 Å². The van der Waals surface area contributed by atoms with Gasteiger partial charge < -0.3 is 20.4 Å². The fourth-order valence-corrected chi connectivity index (χ4v) is 3.07. The van der Waals surface area contributed by atoms with Gasteiger partial charge in [-0.25, -0.2) is 0 Å². The summed E-state index contributed by atoms with van der Waals surface area (Å²) in [5.41, 5.74) is 1.23. The zero-order chi connectivity index (χ0) is 16.2. The number of rotatable bonds is 12. The van der Waals surface area contributed by atoms with Crippen LogP contribution in [-0.4, -0.2) is 46.9 Å². The maximum Gasteiger partial charge on any atom is 0.0460 e. The third-order valence-corrected chi connectivity index (χ3v) is 4.32. The van der Waals surface area contributed by atoms with Crippen LogP contribution in [0, 0.1) is 11.8 Å². The molecule has 0 fully saturated rings. The fraction of sp³-hybridized carbons (Fsp3) is 0.667. The first-order valence-electron chi connectivity index (χ1n) is 8.23. The molecular formula is C18H30O4. The van der Waals surface area contributed by atoms with Gasteiger partial charge in [-0.1, -0.05) is 30.3 Å². The minimum absolute atomic E-state index is 0.0383. The van der Waals surface area contributed by atoms with E-state index in [9.17, 15) is 10.2 Å². The van der Waals surface area contributed by atoms with Crippen LogP contribution in [0.1, 0.15) is 43.6 Å². The molecule has 0 heterocycles. The van der Waals surface area contributed by atoms with Gasteiger partial charge in [0.2, 0.25) is 0 Å². The van der Waals surface area contributed by atoms with E-state index in [1.807, 2.05) is 18.2 Å². The van der Waals surface area contributed by atoms with Crippen molar-refractivity contribution in [1.82, 2.24) is 0 Å². The molecule has 3 unspecified atom stereocenters. The zero-order valence-corrected chi connectivity index (χ0v) is 13.3. The largest absolute Gasteiger partial charge is 0.396 e. The standard InChI is InChI=1S/C18H30O4/c19-9-4-7-18(17-5-2-1-3-6-17)12-16(14-22)11-15(13-21)8-10-20/h1-3,5-6,15-16,18-22H,4,7-14H2. The quantitative estimate of drug-likeness (QED) is 0.475. The van der Waals surface area contributed by atoms with E-state index in [0.717, 1.165) is 25.7 Å². The molecule has 0 saturated heterocycles. The molecule has 1 aromatic rings. The van der Waals surface area contributed by atoms with Crippen LogP contribution in [-0.2, 0) is 0 Å². The number of hydrogen-bond donors (Lipinski definition) is 4. The second-order valence-electron chi connectivity index (χ2n) is 6.05. The molecule has 0 radical (unpaired) electrons. The Hall–Kier alpha value is -0.940. The average Bonchev–Trinajstić information content (AvgIpc) is 2.57. The number of aliphatic hydroxyl groups excluding tert-OH is 4. The first-order valence-corrected chi connectivity index (χ1v) is 8.23. The first kappa shape index (κ1) is 19.1. The minimum atomic E-state index is 0.0383. The van der Waals surface area contributed by atoms with E-state index in [1.165, 1.54) is 5.56 Å². The van der Waals surface area contributed by atoms with E-state index in [2.05, 4.69) is 12.1 Å². The zero-order valence-electron chi connectivity index (χ0n) is 13.3. The van der Waals surface area contributed by atoms with Crippen molar-refractivity contribution in [3.63, 3.8) is 0 Å². The molecule has 3 atom stereocenters. The molecule has 1 aromatic carbocycles. The first-order chi connectivity index (χ1) is 10.7. The third-order valence-electron chi connectivity index (χ3n) is 4.32. The molecule has 0 saturated carbocycles. The number of hydrogen-bond acceptors (Lipinski definition) is 4. The summed E-state index contributed by atoms with van der Waals surface area (Å²) in [5.74, 6) is 0.447. The molecule has 0 bridgehead atoms. The maximum absolute atomic E-state index is 9.67. The summed E-state index contributed by atoms with van der Waals surface area (Å²) in [6.45, 7) is 0.376. The van der Waals surface area contributed by atoms with Gasteiger partial charge in [-0.15, -0.1) is 0 Å². The second kappa shape index (κ2) is 11.6. The Kier molecular flexibility index (Phi) is 10.1. The van der Waals surface area contributed by atoms with E-state index in [0.29, 0.717) is 12.3 Å². The van der Waals surface area contributed by atoms with Crippen molar-refractivity contribution in [2.24, 2.45) is 11.8 Å². The summed E-state index contributed by atoms with van der Waals surface area (Å²) >= 11 is 0. The molecule has 0 aliphatic rings. The van der Waals surface area contributed by atoms with Crippen LogP contribution in [0.5, 0.6) is 0 Å². The van der Waals surface area contributed by atoms with Gasteiger partial charge in [-0.3, -0.25) is 0 Å². The summed E-state index contributed by atoms with van der Waals surface area (Å²) in [6, 6.07) is 10.2. The molecule has 0 aliphatic carbocycles. The van der Waals surface area contributed by atoms with Crippen LogP contribution >= 0.6 is 0 Å². The topological polar surface area (TPSA) is 80.9 Å². The van der Waals surface area contributed by atoms with Gasteiger partial charge in [0, 0.05) is 26.4 Å². The molecule has 0 amide bonds. The summed E-state index contributed by atoms with van der Waals surface area (Å²) < 4.78 is 0. The van der Waals surface area contributed by atoms with Gasteiger partial charge in [0.15, 0.2) is 0 Å². The van der Waals surface area contributed by atoms with Gasteiger partial charge in [0.1, 0.15) is 0 Å². The van der Waals surface area contributed by atoms with Crippen LogP contribution < -0.4 is 0 Å². The lowest BCUT2D eigenvalue weighted by molar-refractivity contribution is 0.129. The number of benzene rings is 1. The summed E-state index contributed by atoms with van der Waals surface area (Å²) in [5, 5.41) is 37.2. The molecule has 0 aromatic heterocycles. The van der Waals surface area contributed by atoms with Gasteiger partial charge in [-0.05, 0) is 55.4 Å². The lowest BCUT2D eigenvalue weighted by atomic mass is 9.82. The second-order valence-corrected chi connectivity index (χ2v) is 6.05. The van der Waals surface area contributed by atoms with Crippen LogP contribution in [0.15, 0.2) is 30.3 Å². The summed E-state index contributed by atoms with van der Waals surface area (Å²) in [4.78, 5) is 0. The van der Waals surface area contributed by atoms with E-state index >= 15 is 0 Å². The van der Waals surface area contributed by atoms with Gasteiger partial charge >= 0.3 is 0 Å². The van der Waals surface area contributed by atoms with Gasteiger partial charge in [-0.2, -0.15) is 0 Å². The van der Waals surface area contributed by atoms with Crippen molar-refractivity contribution in [2.45, 2.75) is 38.0 Å². The molecule has 4 heteroatoms. The molecule has 4 nitrogen and oxygen atoms in total. The Bertz CT molecular complexity index is 369. The summed E-state index contributed by atoms with van der Waals surface area (Å²) in [6.07, 6.45) is 3.76. The van der Waals surface area contributed by atoms with Crippen molar-refractivity contribution in [1.29, 1.82) is 0 Å². The van der Waals surface area contributed by atoms with E-state index in [4.69, 9.17) is 10.2 Å². The normalized spacial score (nSPS) is 15.5. The number of aliphatic hydroxyl groups is 4. The highest BCUT2D eigenvalue weighted by atomic mass is 16.3. The van der Waals surface area contributed by atoms with E-state index < -0.39 is 0 Å². The SMILES string of the molecule is OCCCC(CC(CO)CC(CO)CCO)c1ccccc1. The third kappa shape index (κ3) is 6.88. The highest BCUT2D eigenvalue weighted by molar-refractivity contribution is 5.19. The highest BCUT2D eigenvalue weighted by Crippen LogP contribution is 2.31. The van der Waals surface area contributed by atoms with E-state index in [-0.39, 0.29) is 38.3 Å². The fourth-order valence-electron chi connectivity index (χ4n) is 3.07. The smallest absolute Gasteiger partial charge is 0.0460 e. The Morgan fingerprint density at radius 2 is 1.41 bits per heavy atom. The minimum Gasteiger partial charge on any atom is -0.396 e. The lowest BCUT2D eigenvalue weighted by Gasteiger charge is -2.25. The maximum atomic E-state index is 9.67. The molecular weight excluding hydrogens is 280 g/mol. The molecule has 1 rings (SSSR count). The predicted molar refractivity (Wildman–Crippen MR) is 87.6 cm³/mol. The van der Waals surface area contributed by atoms with Gasteiger partial charge in [0.25, 0.3) is 0 Å². The Labute approximate surface area is 133 Å². The molecule has 126 valence electrons. The van der Waals surface area contributed by atoms with Crippen molar-refractivity contribution in [3.8, 4) is 0 Å². The Morgan fingerprint density at radius 1 is 0.727 bits per heavy atom. The van der Waals surface area contributed by atoms with Crippen LogP contribution in [0.2, 0.25) is 0 Å². The van der Waals surface area contributed by atoms with Gasteiger partial charge in [0.05, 0.1) is 0 Å². The monoisotopic (exact) mass is 310 g/mol. The molecule has 0 spiro atoms.